The van der Waals surface area contributed by atoms with Crippen LogP contribution < -0.4 is 15.4 Å². The van der Waals surface area contributed by atoms with E-state index in [0.717, 1.165) is 31.1 Å². The maximum absolute atomic E-state index is 14.5. The van der Waals surface area contributed by atoms with Gasteiger partial charge in [-0.25, -0.2) is 18.7 Å². The molecule has 1 fully saturated rings. The zero-order chi connectivity index (χ0) is 22.7. The van der Waals surface area contributed by atoms with Gasteiger partial charge in [-0.3, -0.25) is 0 Å². The van der Waals surface area contributed by atoms with E-state index >= 15 is 0 Å². The zero-order valence-corrected chi connectivity index (χ0v) is 18.7. The van der Waals surface area contributed by atoms with Gasteiger partial charge in [-0.05, 0) is 38.2 Å². The van der Waals surface area contributed by atoms with E-state index in [9.17, 15) is 8.78 Å². The Bertz CT molecular complexity index is 1090. The molecule has 7 nitrogen and oxygen atoms in total. The van der Waals surface area contributed by atoms with E-state index in [4.69, 9.17) is 10.5 Å². The number of halogens is 2. The SMILES string of the molecule is Cc1c(F)ccc(COc2nc(N3CCN(C)CC3)ncc2Sc2ccc(N)nc2)c1F. The Morgan fingerprint density at radius 3 is 2.56 bits per heavy atom. The van der Waals surface area contributed by atoms with Gasteiger partial charge < -0.3 is 20.3 Å². The summed E-state index contributed by atoms with van der Waals surface area (Å²) in [5.74, 6) is 0.114. The van der Waals surface area contributed by atoms with Crippen LogP contribution in [0, 0.1) is 18.6 Å². The van der Waals surface area contributed by atoms with Crippen LogP contribution in [0.2, 0.25) is 0 Å². The van der Waals surface area contributed by atoms with E-state index in [-0.39, 0.29) is 17.7 Å². The Labute approximate surface area is 189 Å². The third kappa shape index (κ3) is 5.08. The second kappa shape index (κ2) is 9.66. The van der Waals surface area contributed by atoms with Crippen LogP contribution in [0.1, 0.15) is 11.1 Å². The molecule has 168 valence electrons. The van der Waals surface area contributed by atoms with Crippen LogP contribution in [0.15, 0.2) is 46.5 Å². The van der Waals surface area contributed by atoms with Gasteiger partial charge in [0.25, 0.3) is 0 Å². The Hall–Kier alpha value is -2.98. The molecule has 0 amide bonds. The van der Waals surface area contributed by atoms with Gasteiger partial charge in [-0.15, -0.1) is 0 Å². The molecule has 1 aliphatic heterocycles. The molecule has 1 saturated heterocycles. The summed E-state index contributed by atoms with van der Waals surface area (Å²) >= 11 is 1.38. The number of nitrogens with two attached hydrogens (primary N) is 1. The summed E-state index contributed by atoms with van der Waals surface area (Å²) in [7, 11) is 2.08. The standard InChI is InChI=1S/C22H24F2N6OS/c1-14-17(23)5-3-15(20(14)24)13-31-21-18(32-16-4-6-19(25)26-11-16)12-27-22(28-21)30-9-7-29(2)8-10-30/h3-6,11-12H,7-10,13H2,1-2H3,(H2,25,26). The summed E-state index contributed by atoms with van der Waals surface area (Å²) in [5.41, 5.74) is 5.90. The minimum Gasteiger partial charge on any atom is -0.472 e. The summed E-state index contributed by atoms with van der Waals surface area (Å²) in [4.78, 5) is 19.1. The number of pyridine rings is 1. The number of rotatable bonds is 6. The third-order valence-electron chi connectivity index (χ3n) is 5.25. The van der Waals surface area contributed by atoms with Gasteiger partial charge in [0.2, 0.25) is 11.8 Å². The largest absolute Gasteiger partial charge is 0.472 e. The molecule has 1 aliphatic rings. The van der Waals surface area contributed by atoms with Gasteiger partial charge in [-0.2, -0.15) is 4.98 Å². The van der Waals surface area contributed by atoms with Crippen molar-refractivity contribution in [1.82, 2.24) is 19.9 Å². The minimum atomic E-state index is -0.615. The Kier molecular flexibility index (Phi) is 6.71. The van der Waals surface area contributed by atoms with Crippen LogP contribution >= 0.6 is 11.8 Å². The lowest BCUT2D eigenvalue weighted by atomic mass is 10.1. The Balaban J connectivity index is 1.60. The van der Waals surface area contributed by atoms with E-state index < -0.39 is 11.6 Å². The van der Waals surface area contributed by atoms with Gasteiger partial charge in [0.15, 0.2) is 0 Å². The number of hydrogen-bond donors (Lipinski definition) is 1. The molecule has 1 aromatic carbocycles. The van der Waals surface area contributed by atoms with Crippen molar-refractivity contribution in [2.45, 2.75) is 23.3 Å². The molecule has 2 aromatic heterocycles. The van der Waals surface area contributed by atoms with E-state index in [1.807, 2.05) is 6.07 Å². The Morgan fingerprint density at radius 2 is 1.84 bits per heavy atom. The van der Waals surface area contributed by atoms with E-state index in [2.05, 4.69) is 31.8 Å². The third-order valence-corrected chi connectivity index (χ3v) is 6.22. The molecule has 32 heavy (non-hydrogen) atoms. The van der Waals surface area contributed by atoms with Gasteiger partial charge in [-0.1, -0.05) is 11.8 Å². The van der Waals surface area contributed by atoms with Crippen LogP contribution in [0.4, 0.5) is 20.5 Å². The molecular weight excluding hydrogens is 434 g/mol. The van der Waals surface area contributed by atoms with Crippen molar-refractivity contribution in [3.8, 4) is 5.88 Å². The van der Waals surface area contributed by atoms with Gasteiger partial charge >= 0.3 is 0 Å². The maximum Gasteiger partial charge on any atom is 0.232 e. The van der Waals surface area contributed by atoms with Crippen LogP contribution in [-0.2, 0) is 6.61 Å². The van der Waals surface area contributed by atoms with Crippen LogP contribution in [-0.4, -0.2) is 53.1 Å². The summed E-state index contributed by atoms with van der Waals surface area (Å²) in [6.07, 6.45) is 3.35. The normalized spacial score (nSPS) is 14.6. The van der Waals surface area contributed by atoms with E-state index in [0.29, 0.717) is 22.5 Å². The number of piperazine rings is 1. The van der Waals surface area contributed by atoms with Crippen molar-refractivity contribution >= 4 is 23.5 Å². The molecule has 0 unspecified atom stereocenters. The monoisotopic (exact) mass is 458 g/mol. The molecule has 0 spiro atoms. The number of aromatic nitrogens is 3. The fourth-order valence-electron chi connectivity index (χ4n) is 3.23. The molecule has 0 saturated carbocycles. The van der Waals surface area contributed by atoms with Crippen molar-refractivity contribution in [1.29, 1.82) is 0 Å². The number of nitrogen functional groups attached to an aromatic ring is 1. The highest BCUT2D eigenvalue weighted by atomic mass is 32.2. The summed E-state index contributed by atoms with van der Waals surface area (Å²) in [6, 6.07) is 6.17. The highest BCUT2D eigenvalue weighted by Crippen LogP contribution is 2.35. The number of ether oxygens (including phenoxy) is 1. The van der Waals surface area contributed by atoms with Crippen molar-refractivity contribution in [2.24, 2.45) is 0 Å². The predicted octanol–water partition coefficient (Wildman–Crippen LogP) is 3.52. The first-order valence-corrected chi connectivity index (χ1v) is 11.0. The molecule has 0 aliphatic carbocycles. The first-order valence-electron chi connectivity index (χ1n) is 10.2. The van der Waals surface area contributed by atoms with Crippen LogP contribution in [0.25, 0.3) is 0 Å². The number of benzene rings is 1. The average molecular weight is 459 g/mol. The molecule has 0 atom stereocenters. The second-order valence-corrected chi connectivity index (χ2v) is 8.70. The highest BCUT2D eigenvalue weighted by Gasteiger charge is 2.20. The number of anilines is 2. The lowest BCUT2D eigenvalue weighted by molar-refractivity contribution is 0.277. The first kappa shape index (κ1) is 22.2. The maximum atomic E-state index is 14.5. The molecule has 2 N–H and O–H groups in total. The number of likely N-dealkylation sites (N-methyl/N-ethyl adjacent to an activating group) is 1. The topological polar surface area (TPSA) is 80.4 Å². The van der Waals surface area contributed by atoms with Crippen molar-refractivity contribution in [3.05, 3.63) is 59.4 Å². The number of hydrogen-bond acceptors (Lipinski definition) is 8. The van der Waals surface area contributed by atoms with Crippen molar-refractivity contribution in [3.63, 3.8) is 0 Å². The fourth-order valence-corrected chi connectivity index (χ4v) is 4.03. The second-order valence-electron chi connectivity index (χ2n) is 7.58. The predicted molar refractivity (Wildman–Crippen MR) is 120 cm³/mol. The fraction of sp³-hybridized carbons (Fsp3) is 0.318. The smallest absolute Gasteiger partial charge is 0.232 e. The summed E-state index contributed by atoms with van der Waals surface area (Å²) in [6.45, 7) is 4.74. The van der Waals surface area contributed by atoms with Crippen LogP contribution in [0.5, 0.6) is 5.88 Å². The molecule has 0 bridgehead atoms. The lowest BCUT2D eigenvalue weighted by Gasteiger charge is -2.32. The molecule has 0 radical (unpaired) electrons. The minimum absolute atomic E-state index is 0.0329. The highest BCUT2D eigenvalue weighted by molar-refractivity contribution is 7.99. The van der Waals surface area contributed by atoms with Crippen LogP contribution in [0.3, 0.4) is 0 Å². The molecule has 3 aromatic rings. The average Bonchev–Trinajstić information content (AvgIpc) is 2.80. The number of nitrogens with zero attached hydrogens (tertiary/aromatic N) is 5. The molecule has 4 rings (SSSR count). The molecule has 3 heterocycles. The summed E-state index contributed by atoms with van der Waals surface area (Å²) in [5, 5.41) is 0. The molecule has 10 heteroatoms. The van der Waals surface area contributed by atoms with Gasteiger partial charge in [0.1, 0.15) is 24.1 Å². The van der Waals surface area contributed by atoms with Gasteiger partial charge in [0, 0.05) is 48.4 Å². The van der Waals surface area contributed by atoms with E-state index in [1.165, 1.54) is 30.8 Å². The van der Waals surface area contributed by atoms with E-state index in [1.54, 1.807) is 18.5 Å². The quantitative estimate of drug-likeness (QED) is 0.601. The summed E-state index contributed by atoms with van der Waals surface area (Å²) < 4.78 is 34.0. The zero-order valence-electron chi connectivity index (χ0n) is 17.9. The first-order chi connectivity index (χ1) is 15.4. The van der Waals surface area contributed by atoms with Crippen molar-refractivity contribution < 1.29 is 13.5 Å². The van der Waals surface area contributed by atoms with Crippen molar-refractivity contribution in [2.75, 3.05) is 43.9 Å². The molecular formula is C22H24F2N6OS. The van der Waals surface area contributed by atoms with Gasteiger partial charge in [0.05, 0.1) is 11.1 Å². The lowest BCUT2D eigenvalue weighted by Crippen LogP contribution is -2.45. The Morgan fingerprint density at radius 1 is 1.06 bits per heavy atom.